The minimum atomic E-state index is -0.524. The van der Waals surface area contributed by atoms with E-state index in [1.54, 1.807) is 66.7 Å². The molecule has 158 valence electrons. The maximum atomic E-state index is 12.4. The molecule has 31 heavy (non-hydrogen) atoms. The first-order valence-electron chi connectivity index (χ1n) is 9.13. The lowest BCUT2D eigenvalue weighted by atomic mass is 10.2. The van der Waals surface area contributed by atoms with Crippen LogP contribution < -0.4 is 19.6 Å². The molecule has 0 heterocycles. The zero-order chi connectivity index (χ0) is 22.2. The Hall–Kier alpha value is -3.65. The molecule has 3 aromatic rings. The molecule has 0 bridgehead atoms. The van der Waals surface area contributed by atoms with Gasteiger partial charge in [0.1, 0.15) is 5.75 Å². The Morgan fingerprint density at radius 1 is 0.871 bits per heavy atom. The predicted molar refractivity (Wildman–Crippen MR) is 120 cm³/mol. The molecule has 0 fully saturated rings. The summed E-state index contributed by atoms with van der Waals surface area (Å²) in [4.78, 5) is 24.4. The van der Waals surface area contributed by atoms with Crippen LogP contribution in [-0.2, 0) is 0 Å². The van der Waals surface area contributed by atoms with Crippen molar-refractivity contribution in [2.75, 3.05) is 14.2 Å². The van der Waals surface area contributed by atoms with Gasteiger partial charge in [0, 0.05) is 10.0 Å². The van der Waals surface area contributed by atoms with Gasteiger partial charge in [-0.2, -0.15) is 5.10 Å². The molecule has 8 heteroatoms. The average Bonchev–Trinajstić information content (AvgIpc) is 2.80. The normalized spacial score (nSPS) is 10.5. The molecule has 0 spiro atoms. The van der Waals surface area contributed by atoms with E-state index in [1.165, 1.54) is 20.4 Å². The fraction of sp³-hybridized carbons (Fsp3) is 0.0870. The van der Waals surface area contributed by atoms with Crippen molar-refractivity contribution in [2.45, 2.75) is 0 Å². The van der Waals surface area contributed by atoms with Crippen LogP contribution in [0.1, 0.15) is 26.3 Å². The Balaban J connectivity index is 1.58. The summed E-state index contributed by atoms with van der Waals surface area (Å²) in [7, 11) is 3.02. The van der Waals surface area contributed by atoms with Crippen molar-refractivity contribution in [1.29, 1.82) is 0 Å². The van der Waals surface area contributed by atoms with Crippen molar-refractivity contribution in [3.63, 3.8) is 0 Å². The van der Waals surface area contributed by atoms with Gasteiger partial charge in [-0.3, -0.25) is 4.79 Å². The first-order chi connectivity index (χ1) is 15.0. The third kappa shape index (κ3) is 5.93. The van der Waals surface area contributed by atoms with E-state index >= 15 is 0 Å². The summed E-state index contributed by atoms with van der Waals surface area (Å²) in [6, 6.07) is 18.4. The number of carbonyl (C=O) groups is 2. The summed E-state index contributed by atoms with van der Waals surface area (Å²) in [5.74, 6) is 0.493. The Bertz CT molecular complexity index is 1100. The number of nitrogens with one attached hydrogen (secondary N) is 1. The van der Waals surface area contributed by atoms with E-state index in [2.05, 4.69) is 26.5 Å². The lowest BCUT2D eigenvalue weighted by Gasteiger charge is -2.09. The number of halogens is 1. The summed E-state index contributed by atoms with van der Waals surface area (Å²) < 4.78 is 16.6. The summed E-state index contributed by atoms with van der Waals surface area (Å²) in [5.41, 5.74) is 4.02. The number of esters is 1. The van der Waals surface area contributed by atoms with E-state index in [1.807, 2.05) is 0 Å². The van der Waals surface area contributed by atoms with E-state index in [-0.39, 0.29) is 5.91 Å². The Labute approximate surface area is 187 Å². The molecular weight excluding hydrogens is 464 g/mol. The zero-order valence-corrected chi connectivity index (χ0v) is 18.4. The fourth-order valence-electron chi connectivity index (χ4n) is 2.58. The fourth-order valence-corrected chi connectivity index (χ4v) is 2.85. The van der Waals surface area contributed by atoms with Crippen molar-refractivity contribution < 1.29 is 23.8 Å². The second-order valence-electron chi connectivity index (χ2n) is 6.23. The summed E-state index contributed by atoms with van der Waals surface area (Å²) >= 11 is 3.32. The molecule has 3 aromatic carbocycles. The molecule has 1 N–H and O–H groups in total. The largest absolute Gasteiger partial charge is 0.493 e. The number of carbonyl (C=O) groups excluding carboxylic acids is 2. The summed E-state index contributed by atoms with van der Waals surface area (Å²) in [6.45, 7) is 0. The molecule has 0 aromatic heterocycles. The van der Waals surface area contributed by atoms with Crippen LogP contribution in [0.3, 0.4) is 0 Å². The smallest absolute Gasteiger partial charge is 0.343 e. The summed E-state index contributed by atoms with van der Waals surface area (Å²) in [5, 5.41) is 3.94. The number of hydrogen-bond acceptors (Lipinski definition) is 6. The van der Waals surface area contributed by atoms with Gasteiger partial charge in [0.15, 0.2) is 11.5 Å². The lowest BCUT2D eigenvalue weighted by molar-refractivity contribution is 0.0734. The molecule has 3 rings (SSSR count). The maximum Gasteiger partial charge on any atom is 0.343 e. The first kappa shape index (κ1) is 22.0. The highest BCUT2D eigenvalue weighted by Crippen LogP contribution is 2.28. The molecule has 0 atom stereocenters. The van der Waals surface area contributed by atoms with E-state index in [4.69, 9.17) is 14.2 Å². The van der Waals surface area contributed by atoms with Crippen molar-refractivity contribution in [1.82, 2.24) is 5.43 Å². The van der Waals surface area contributed by atoms with Crippen LogP contribution in [0, 0.1) is 0 Å². The zero-order valence-electron chi connectivity index (χ0n) is 16.8. The number of amides is 1. The van der Waals surface area contributed by atoms with E-state index in [0.717, 1.165) is 10.0 Å². The van der Waals surface area contributed by atoms with Crippen LogP contribution >= 0.6 is 15.9 Å². The van der Waals surface area contributed by atoms with Crippen LogP contribution in [-0.4, -0.2) is 32.3 Å². The maximum absolute atomic E-state index is 12.4. The molecule has 0 aliphatic heterocycles. The van der Waals surface area contributed by atoms with E-state index < -0.39 is 5.97 Å². The Kier molecular flexibility index (Phi) is 7.40. The standard InChI is InChI=1S/C23H19BrN2O5/c1-29-20-12-7-17(13-21(20)30-2)23(28)31-19-10-3-15(4-11-19)14-25-26-22(27)16-5-8-18(24)9-6-16/h3-14H,1-2H3,(H,26,27). The van der Waals surface area contributed by atoms with Gasteiger partial charge in [-0.1, -0.05) is 15.9 Å². The van der Waals surface area contributed by atoms with E-state index in [9.17, 15) is 9.59 Å². The Morgan fingerprint density at radius 2 is 1.52 bits per heavy atom. The minimum Gasteiger partial charge on any atom is -0.493 e. The van der Waals surface area contributed by atoms with Gasteiger partial charge in [-0.05, 0) is 72.3 Å². The number of hydrogen-bond donors (Lipinski definition) is 1. The lowest BCUT2D eigenvalue weighted by Crippen LogP contribution is -2.17. The number of benzene rings is 3. The predicted octanol–water partition coefficient (Wildman–Crippen LogP) is 4.45. The van der Waals surface area contributed by atoms with Gasteiger partial charge < -0.3 is 14.2 Å². The second kappa shape index (κ2) is 10.4. The molecule has 1 amide bonds. The molecule has 0 unspecified atom stereocenters. The quantitative estimate of drug-likeness (QED) is 0.232. The number of hydrazone groups is 1. The first-order valence-corrected chi connectivity index (χ1v) is 9.92. The number of methoxy groups -OCH3 is 2. The third-order valence-electron chi connectivity index (χ3n) is 4.20. The third-order valence-corrected chi connectivity index (χ3v) is 4.72. The average molecular weight is 483 g/mol. The van der Waals surface area contributed by atoms with Crippen LogP contribution in [0.25, 0.3) is 0 Å². The highest BCUT2D eigenvalue weighted by Gasteiger charge is 2.13. The Morgan fingerprint density at radius 3 is 2.16 bits per heavy atom. The van der Waals surface area contributed by atoms with Crippen LogP contribution in [0.5, 0.6) is 17.2 Å². The van der Waals surface area contributed by atoms with Gasteiger partial charge in [0.25, 0.3) is 5.91 Å². The van der Waals surface area contributed by atoms with Crippen molar-refractivity contribution >= 4 is 34.0 Å². The van der Waals surface area contributed by atoms with Crippen molar-refractivity contribution in [3.05, 3.63) is 87.9 Å². The van der Waals surface area contributed by atoms with Crippen molar-refractivity contribution in [2.24, 2.45) is 5.10 Å². The van der Waals surface area contributed by atoms with Gasteiger partial charge in [-0.15, -0.1) is 0 Å². The molecule has 0 radical (unpaired) electrons. The van der Waals surface area contributed by atoms with Gasteiger partial charge in [0.2, 0.25) is 0 Å². The summed E-state index contributed by atoms with van der Waals surface area (Å²) in [6.07, 6.45) is 1.50. The van der Waals surface area contributed by atoms with Crippen molar-refractivity contribution in [3.8, 4) is 17.2 Å². The van der Waals surface area contributed by atoms with E-state index in [0.29, 0.717) is 28.4 Å². The highest BCUT2D eigenvalue weighted by molar-refractivity contribution is 9.10. The molecular formula is C23H19BrN2O5. The topological polar surface area (TPSA) is 86.2 Å². The van der Waals surface area contributed by atoms with Gasteiger partial charge >= 0.3 is 5.97 Å². The highest BCUT2D eigenvalue weighted by atomic mass is 79.9. The molecule has 0 aliphatic rings. The molecule has 0 saturated heterocycles. The van der Waals surface area contributed by atoms with Crippen LogP contribution in [0.2, 0.25) is 0 Å². The van der Waals surface area contributed by atoms with Gasteiger partial charge in [-0.25, -0.2) is 10.2 Å². The SMILES string of the molecule is COc1ccc(C(=O)Oc2ccc(C=NNC(=O)c3ccc(Br)cc3)cc2)cc1OC. The van der Waals surface area contributed by atoms with Gasteiger partial charge in [0.05, 0.1) is 26.0 Å². The number of ether oxygens (including phenoxy) is 3. The molecule has 0 saturated carbocycles. The van der Waals surface area contributed by atoms with Crippen LogP contribution in [0.15, 0.2) is 76.3 Å². The molecule has 7 nitrogen and oxygen atoms in total. The number of rotatable bonds is 7. The second-order valence-corrected chi connectivity index (χ2v) is 7.15. The minimum absolute atomic E-state index is 0.316. The van der Waals surface area contributed by atoms with Crippen LogP contribution in [0.4, 0.5) is 0 Å². The monoisotopic (exact) mass is 482 g/mol. The number of nitrogens with zero attached hydrogens (tertiary/aromatic N) is 1. The molecule has 0 aliphatic carbocycles.